The van der Waals surface area contributed by atoms with Crippen LogP contribution in [0.4, 0.5) is 0 Å². The summed E-state index contributed by atoms with van der Waals surface area (Å²) >= 11 is 0. The molecule has 272 valence electrons. The molecule has 2 saturated heterocycles. The number of hydrogen-bond donors (Lipinski definition) is 7. The summed E-state index contributed by atoms with van der Waals surface area (Å²) < 4.78 is 46.6. The summed E-state index contributed by atoms with van der Waals surface area (Å²) in [6.45, 7) is 3.32. The van der Waals surface area contributed by atoms with E-state index in [0.29, 0.717) is 23.3 Å². The Morgan fingerprint density at radius 2 is 1.37 bits per heavy atom. The summed E-state index contributed by atoms with van der Waals surface area (Å²) in [5.41, 5.74) is 1.88. The lowest BCUT2D eigenvalue weighted by molar-refractivity contribution is -0.279. The molecule has 7 N–H and O–H groups in total. The molecule has 2 aromatic carbocycles. The molecule has 0 amide bonds. The summed E-state index contributed by atoms with van der Waals surface area (Å²) in [7, 11) is 3.05. The van der Waals surface area contributed by atoms with Crippen LogP contribution in [0.5, 0.6) is 23.0 Å². The minimum absolute atomic E-state index is 0.0408. The van der Waals surface area contributed by atoms with Crippen molar-refractivity contribution in [3.05, 3.63) is 46.5 Å². The number of hydrogen-bond acceptors (Lipinski definition) is 16. The Balaban J connectivity index is 1.59. The van der Waals surface area contributed by atoms with Gasteiger partial charge in [0.1, 0.15) is 84.5 Å². The highest BCUT2D eigenvalue weighted by molar-refractivity contribution is 5.66. The number of rotatable bonds is 10. The van der Waals surface area contributed by atoms with Gasteiger partial charge in [0.15, 0.2) is 0 Å². The van der Waals surface area contributed by atoms with Crippen molar-refractivity contribution >= 4 is 5.97 Å². The fourth-order valence-electron chi connectivity index (χ4n) is 6.26. The molecule has 3 aliphatic rings. The second kappa shape index (κ2) is 15.3. The summed E-state index contributed by atoms with van der Waals surface area (Å²) in [6.07, 6.45) is -16.8. The van der Waals surface area contributed by atoms with Crippen molar-refractivity contribution in [2.24, 2.45) is 0 Å². The van der Waals surface area contributed by atoms with E-state index < -0.39 is 92.8 Å². The number of benzene rings is 2. The lowest BCUT2D eigenvalue weighted by Crippen LogP contribution is -2.60. The Labute approximate surface area is 282 Å². The number of carbonyl (C=O) groups is 1. The Kier molecular flexibility index (Phi) is 11.5. The molecule has 0 saturated carbocycles. The van der Waals surface area contributed by atoms with Gasteiger partial charge in [-0.1, -0.05) is 12.1 Å². The van der Waals surface area contributed by atoms with Gasteiger partial charge in [-0.25, -0.2) is 0 Å². The maximum Gasteiger partial charge on any atom is 0.302 e. The molecule has 0 bridgehead atoms. The van der Waals surface area contributed by atoms with E-state index in [0.717, 1.165) is 12.5 Å². The maximum absolute atomic E-state index is 11.5. The Bertz CT molecular complexity index is 1450. The zero-order valence-corrected chi connectivity index (χ0v) is 27.7. The Morgan fingerprint density at radius 1 is 0.796 bits per heavy atom. The number of carbonyl (C=O) groups excluding carboxylic acids is 1. The van der Waals surface area contributed by atoms with Gasteiger partial charge >= 0.3 is 5.97 Å². The van der Waals surface area contributed by atoms with E-state index in [-0.39, 0.29) is 22.8 Å². The molecule has 12 atom stereocenters. The molecular weight excluding hydrogens is 652 g/mol. The van der Waals surface area contributed by atoms with Gasteiger partial charge in [-0.05, 0) is 31.5 Å². The van der Waals surface area contributed by atoms with Crippen molar-refractivity contribution in [2.45, 2.75) is 101 Å². The third kappa shape index (κ3) is 7.30. The second-order valence-corrected chi connectivity index (χ2v) is 12.2. The molecule has 5 rings (SSSR count). The maximum atomic E-state index is 11.5. The van der Waals surface area contributed by atoms with Crippen LogP contribution < -0.4 is 18.9 Å². The fraction of sp³-hybridized carbons (Fsp3) is 0.606. The van der Waals surface area contributed by atoms with E-state index >= 15 is 0 Å². The first-order valence-corrected chi connectivity index (χ1v) is 15.8. The minimum atomic E-state index is -1.77. The van der Waals surface area contributed by atoms with Gasteiger partial charge in [-0.3, -0.25) is 4.79 Å². The topological polar surface area (TPSA) is 233 Å². The van der Waals surface area contributed by atoms with E-state index in [4.69, 9.17) is 37.9 Å². The van der Waals surface area contributed by atoms with Crippen molar-refractivity contribution in [1.29, 1.82) is 0 Å². The summed E-state index contributed by atoms with van der Waals surface area (Å²) in [5.74, 6) is 0.344. The first kappa shape index (κ1) is 37.0. The van der Waals surface area contributed by atoms with Gasteiger partial charge in [0.2, 0.25) is 12.6 Å². The number of aliphatic hydroxyl groups excluding tert-OH is 7. The lowest BCUT2D eigenvalue weighted by atomic mass is 9.90. The molecule has 0 spiro atoms. The Hall–Kier alpha value is -3.29. The quantitative estimate of drug-likeness (QED) is 0.155. The second-order valence-electron chi connectivity index (χ2n) is 12.2. The highest BCUT2D eigenvalue weighted by Gasteiger charge is 2.48. The van der Waals surface area contributed by atoms with E-state index in [1.807, 2.05) is 12.1 Å². The van der Waals surface area contributed by atoms with Gasteiger partial charge in [0.25, 0.3) is 0 Å². The molecule has 16 nitrogen and oxygen atoms in total. The van der Waals surface area contributed by atoms with Crippen LogP contribution in [0.2, 0.25) is 0 Å². The van der Waals surface area contributed by atoms with E-state index in [2.05, 4.69) is 0 Å². The number of aliphatic hydroxyl groups is 7. The van der Waals surface area contributed by atoms with Crippen LogP contribution in [0.1, 0.15) is 47.8 Å². The molecule has 2 fully saturated rings. The molecule has 12 unspecified atom stereocenters. The van der Waals surface area contributed by atoms with Gasteiger partial charge in [-0.2, -0.15) is 0 Å². The van der Waals surface area contributed by atoms with Crippen LogP contribution in [0.3, 0.4) is 0 Å². The molecule has 0 aromatic heterocycles. The van der Waals surface area contributed by atoms with Gasteiger partial charge in [0.05, 0.1) is 25.4 Å². The van der Waals surface area contributed by atoms with Gasteiger partial charge < -0.3 is 73.6 Å². The number of ether oxygens (including phenoxy) is 8. The zero-order valence-electron chi connectivity index (χ0n) is 27.7. The van der Waals surface area contributed by atoms with Crippen LogP contribution in [0, 0.1) is 13.8 Å². The molecule has 2 aromatic rings. The van der Waals surface area contributed by atoms with Crippen LogP contribution in [-0.2, 0) is 23.7 Å². The lowest BCUT2D eigenvalue weighted by Gasteiger charge is -2.42. The van der Waals surface area contributed by atoms with Crippen molar-refractivity contribution in [3.63, 3.8) is 0 Å². The molecule has 3 aliphatic heterocycles. The third-order valence-electron chi connectivity index (χ3n) is 9.07. The highest BCUT2D eigenvalue weighted by atomic mass is 16.7. The number of methoxy groups -OCH3 is 2. The summed E-state index contributed by atoms with van der Waals surface area (Å²) in [6, 6.07) is 7.26. The molecule has 16 heteroatoms. The predicted octanol–water partition coefficient (Wildman–Crippen LogP) is -0.548. The van der Waals surface area contributed by atoms with Crippen LogP contribution in [0.25, 0.3) is 0 Å². The smallest absolute Gasteiger partial charge is 0.302 e. The van der Waals surface area contributed by atoms with Crippen LogP contribution in [-0.4, -0.2) is 131 Å². The van der Waals surface area contributed by atoms with Crippen LogP contribution in [0.15, 0.2) is 24.3 Å². The van der Waals surface area contributed by atoms with Crippen molar-refractivity contribution in [1.82, 2.24) is 0 Å². The average molecular weight is 697 g/mol. The number of esters is 1. The molecule has 0 radical (unpaired) electrons. The SMILES string of the molecule is COc1ccc(C2CC(OC)c3c(c(C)c(OC4OC(CO)C(O)C(O)C4O)c(C)c3OC3OC(COC(C)=O)C(O)C(O)C3O)O2)cc1. The van der Waals surface area contributed by atoms with Crippen molar-refractivity contribution in [3.8, 4) is 23.0 Å². The van der Waals surface area contributed by atoms with Gasteiger partial charge in [-0.15, -0.1) is 0 Å². The van der Waals surface area contributed by atoms with Crippen molar-refractivity contribution in [2.75, 3.05) is 27.4 Å². The molecule has 3 heterocycles. The van der Waals surface area contributed by atoms with Crippen LogP contribution >= 0.6 is 0 Å². The van der Waals surface area contributed by atoms with Crippen molar-refractivity contribution < 1.29 is 78.4 Å². The van der Waals surface area contributed by atoms with E-state index in [1.165, 1.54) is 7.11 Å². The molecule has 49 heavy (non-hydrogen) atoms. The monoisotopic (exact) mass is 696 g/mol. The summed E-state index contributed by atoms with van der Waals surface area (Å²) in [4.78, 5) is 11.5. The summed E-state index contributed by atoms with van der Waals surface area (Å²) in [5, 5.41) is 73.4. The average Bonchev–Trinajstić information content (AvgIpc) is 3.10. The first-order valence-electron chi connectivity index (χ1n) is 15.8. The van der Waals surface area contributed by atoms with Gasteiger partial charge in [0, 0.05) is 31.6 Å². The molecular formula is C33H44O16. The molecule has 0 aliphatic carbocycles. The normalized spacial score (nSPS) is 34.4. The highest BCUT2D eigenvalue weighted by Crippen LogP contribution is 2.54. The third-order valence-corrected chi connectivity index (χ3v) is 9.07. The first-order chi connectivity index (χ1) is 23.3. The minimum Gasteiger partial charge on any atom is -0.497 e. The Morgan fingerprint density at radius 3 is 1.92 bits per heavy atom. The van der Waals surface area contributed by atoms with E-state index in [9.17, 15) is 40.5 Å². The largest absolute Gasteiger partial charge is 0.497 e. The predicted molar refractivity (Wildman–Crippen MR) is 165 cm³/mol. The fourth-order valence-corrected chi connectivity index (χ4v) is 6.26. The zero-order chi connectivity index (χ0) is 35.7. The van der Waals surface area contributed by atoms with E-state index in [1.54, 1.807) is 33.1 Å². The number of fused-ring (bicyclic) bond motifs is 1. The standard InChI is InChI=1S/C33H44O16/c1-13-29(48-32-27(40)25(38)23(36)20(11-34)46-32)14(2)31(49-33-28(41)26(39)24(37)21(47-33)12-44-15(3)35)22-19(43-5)10-18(45-30(13)22)16-6-8-17(42-4)9-7-16/h6-9,18-21,23-28,32-34,36-41H,10-12H2,1-5H3.